The summed E-state index contributed by atoms with van der Waals surface area (Å²) < 4.78 is 10.5. The smallest absolute Gasteiger partial charge is 0.338 e. The summed E-state index contributed by atoms with van der Waals surface area (Å²) in [6.45, 7) is 2.57. The van der Waals surface area contributed by atoms with E-state index in [1.807, 2.05) is 6.26 Å². The Bertz CT molecular complexity index is 449. The molecule has 0 spiro atoms. The number of carbonyl (C=O) groups is 1. The quantitative estimate of drug-likeness (QED) is 0.452. The highest BCUT2D eigenvalue weighted by molar-refractivity contribution is 7.97. The molecule has 112 valence electrons. The van der Waals surface area contributed by atoms with Crippen LogP contribution in [0.4, 0.5) is 5.69 Å². The Kier molecular flexibility index (Phi) is 7.30. The largest absolute Gasteiger partial charge is 0.495 e. The maximum atomic E-state index is 12.1. The second-order valence-corrected chi connectivity index (χ2v) is 5.35. The first kappa shape index (κ1) is 16.7. The predicted octanol–water partition coefficient (Wildman–Crippen LogP) is 3.49. The van der Waals surface area contributed by atoms with Gasteiger partial charge in [0.05, 0.1) is 25.0 Å². The normalized spacial score (nSPS) is 10.3. The standard InChI is InChI=1S/C15H23NO3S/c1-4-5-6-9-19-15(17)11-7-8-13(18-2)14(16)12(11)10-20-3/h7-8H,4-6,9-10,16H2,1-3H3. The van der Waals surface area contributed by atoms with Crippen LogP contribution in [-0.2, 0) is 10.5 Å². The van der Waals surface area contributed by atoms with Gasteiger partial charge in [0.25, 0.3) is 0 Å². The van der Waals surface area contributed by atoms with E-state index < -0.39 is 0 Å². The Labute approximate surface area is 125 Å². The van der Waals surface area contributed by atoms with Gasteiger partial charge in [-0.2, -0.15) is 11.8 Å². The van der Waals surface area contributed by atoms with Crippen molar-refractivity contribution in [3.05, 3.63) is 23.3 Å². The summed E-state index contributed by atoms with van der Waals surface area (Å²) in [6, 6.07) is 3.44. The molecule has 0 aromatic heterocycles. The van der Waals surface area contributed by atoms with E-state index in [0.717, 1.165) is 24.8 Å². The van der Waals surface area contributed by atoms with Gasteiger partial charge in [0.1, 0.15) is 5.75 Å². The van der Waals surface area contributed by atoms with E-state index in [9.17, 15) is 4.79 Å². The Morgan fingerprint density at radius 3 is 2.70 bits per heavy atom. The Balaban J connectivity index is 2.87. The van der Waals surface area contributed by atoms with E-state index in [-0.39, 0.29) is 5.97 Å². The van der Waals surface area contributed by atoms with E-state index in [0.29, 0.717) is 29.4 Å². The van der Waals surface area contributed by atoms with Gasteiger partial charge in [-0.1, -0.05) is 19.8 Å². The molecule has 0 heterocycles. The molecule has 0 aliphatic heterocycles. The van der Waals surface area contributed by atoms with Gasteiger partial charge >= 0.3 is 5.97 Å². The highest BCUT2D eigenvalue weighted by Gasteiger charge is 2.17. The van der Waals surface area contributed by atoms with Gasteiger partial charge in [-0.25, -0.2) is 4.79 Å². The first-order valence-electron chi connectivity index (χ1n) is 6.77. The van der Waals surface area contributed by atoms with Gasteiger partial charge in [0, 0.05) is 11.3 Å². The second kappa shape index (κ2) is 8.74. The molecular formula is C15H23NO3S. The molecule has 0 atom stereocenters. The number of methoxy groups -OCH3 is 1. The van der Waals surface area contributed by atoms with Gasteiger partial charge in [-0.15, -0.1) is 0 Å². The van der Waals surface area contributed by atoms with E-state index in [1.165, 1.54) is 0 Å². The zero-order chi connectivity index (χ0) is 15.0. The lowest BCUT2D eigenvalue weighted by Crippen LogP contribution is -2.11. The molecule has 0 saturated carbocycles. The minimum Gasteiger partial charge on any atom is -0.495 e. The van der Waals surface area contributed by atoms with Gasteiger partial charge < -0.3 is 15.2 Å². The maximum Gasteiger partial charge on any atom is 0.338 e. The summed E-state index contributed by atoms with van der Waals surface area (Å²) in [5, 5.41) is 0. The number of unbranched alkanes of at least 4 members (excludes halogenated alkanes) is 2. The van der Waals surface area contributed by atoms with E-state index in [1.54, 1.807) is 31.0 Å². The third-order valence-corrected chi connectivity index (χ3v) is 3.60. The number of nitrogens with two attached hydrogens (primary N) is 1. The van der Waals surface area contributed by atoms with Crippen molar-refractivity contribution < 1.29 is 14.3 Å². The van der Waals surface area contributed by atoms with Crippen LogP contribution in [0, 0.1) is 0 Å². The third kappa shape index (κ3) is 4.34. The molecule has 20 heavy (non-hydrogen) atoms. The predicted molar refractivity (Wildman–Crippen MR) is 84.4 cm³/mol. The molecule has 0 radical (unpaired) electrons. The van der Waals surface area contributed by atoms with Crippen LogP contribution >= 0.6 is 11.8 Å². The van der Waals surface area contributed by atoms with Crippen molar-refractivity contribution in [2.75, 3.05) is 25.7 Å². The van der Waals surface area contributed by atoms with Crippen LogP contribution in [0.15, 0.2) is 12.1 Å². The molecule has 4 nitrogen and oxygen atoms in total. The first-order chi connectivity index (χ1) is 9.65. The summed E-state index contributed by atoms with van der Waals surface area (Å²) >= 11 is 1.61. The summed E-state index contributed by atoms with van der Waals surface area (Å²) in [5.41, 5.74) is 7.89. The van der Waals surface area contributed by atoms with Gasteiger partial charge in [-0.3, -0.25) is 0 Å². The molecule has 1 aromatic carbocycles. The number of esters is 1. The van der Waals surface area contributed by atoms with Gasteiger partial charge in [0.2, 0.25) is 0 Å². The molecule has 2 N–H and O–H groups in total. The highest BCUT2D eigenvalue weighted by Crippen LogP contribution is 2.31. The Hall–Kier alpha value is -1.36. The first-order valence-corrected chi connectivity index (χ1v) is 8.16. The Morgan fingerprint density at radius 2 is 2.10 bits per heavy atom. The number of thioether (sulfide) groups is 1. The summed E-state index contributed by atoms with van der Waals surface area (Å²) in [7, 11) is 1.57. The number of hydrogen-bond acceptors (Lipinski definition) is 5. The highest BCUT2D eigenvalue weighted by atomic mass is 32.2. The van der Waals surface area contributed by atoms with Crippen LogP contribution in [-0.4, -0.2) is 25.9 Å². The van der Waals surface area contributed by atoms with Crippen molar-refractivity contribution in [3.63, 3.8) is 0 Å². The average molecular weight is 297 g/mol. The number of carbonyl (C=O) groups excluding carboxylic acids is 1. The molecule has 0 aliphatic rings. The lowest BCUT2D eigenvalue weighted by Gasteiger charge is -2.14. The summed E-state index contributed by atoms with van der Waals surface area (Å²) in [6.07, 6.45) is 5.03. The van der Waals surface area contributed by atoms with E-state index in [4.69, 9.17) is 15.2 Å². The number of rotatable bonds is 8. The molecule has 0 bridgehead atoms. The zero-order valence-corrected chi connectivity index (χ0v) is 13.2. The fraction of sp³-hybridized carbons (Fsp3) is 0.533. The number of hydrogen-bond donors (Lipinski definition) is 1. The average Bonchev–Trinajstić information content (AvgIpc) is 2.45. The van der Waals surface area contributed by atoms with Gasteiger partial charge in [0.15, 0.2) is 0 Å². The van der Waals surface area contributed by atoms with Crippen LogP contribution < -0.4 is 10.5 Å². The molecular weight excluding hydrogens is 274 g/mol. The monoisotopic (exact) mass is 297 g/mol. The SMILES string of the molecule is CCCCCOC(=O)c1ccc(OC)c(N)c1CSC. The number of anilines is 1. The molecule has 0 unspecified atom stereocenters. The Morgan fingerprint density at radius 1 is 1.35 bits per heavy atom. The van der Waals surface area contributed by atoms with Crippen LogP contribution in [0.2, 0.25) is 0 Å². The summed E-state index contributed by atoms with van der Waals surface area (Å²) in [5.74, 6) is 0.943. The fourth-order valence-corrected chi connectivity index (χ4v) is 2.51. The van der Waals surface area contributed by atoms with Crippen LogP contribution in [0.25, 0.3) is 0 Å². The van der Waals surface area contributed by atoms with Crippen molar-refractivity contribution in [1.82, 2.24) is 0 Å². The zero-order valence-electron chi connectivity index (χ0n) is 12.4. The molecule has 1 rings (SSSR count). The minimum atomic E-state index is -0.306. The van der Waals surface area contributed by atoms with Crippen molar-refractivity contribution >= 4 is 23.4 Å². The van der Waals surface area contributed by atoms with Crippen molar-refractivity contribution in [1.29, 1.82) is 0 Å². The fourth-order valence-electron chi connectivity index (χ4n) is 1.91. The second-order valence-electron chi connectivity index (χ2n) is 4.48. The minimum absolute atomic E-state index is 0.306. The number of nitrogen functional groups attached to an aromatic ring is 1. The molecule has 0 saturated heterocycles. The molecule has 5 heteroatoms. The van der Waals surface area contributed by atoms with Crippen LogP contribution in [0.1, 0.15) is 42.1 Å². The molecule has 0 amide bonds. The van der Waals surface area contributed by atoms with Crippen molar-refractivity contribution in [2.24, 2.45) is 0 Å². The summed E-state index contributed by atoms with van der Waals surface area (Å²) in [4.78, 5) is 12.1. The number of benzene rings is 1. The van der Waals surface area contributed by atoms with E-state index in [2.05, 4.69) is 6.92 Å². The van der Waals surface area contributed by atoms with Crippen LogP contribution in [0.3, 0.4) is 0 Å². The lowest BCUT2D eigenvalue weighted by molar-refractivity contribution is 0.0497. The maximum absolute atomic E-state index is 12.1. The third-order valence-electron chi connectivity index (χ3n) is 3.03. The molecule has 0 aliphatic carbocycles. The topological polar surface area (TPSA) is 61.5 Å². The lowest BCUT2D eigenvalue weighted by atomic mass is 10.1. The molecule has 1 aromatic rings. The van der Waals surface area contributed by atoms with E-state index >= 15 is 0 Å². The van der Waals surface area contributed by atoms with Gasteiger partial charge in [-0.05, 0) is 24.8 Å². The van der Waals surface area contributed by atoms with Crippen LogP contribution in [0.5, 0.6) is 5.75 Å². The number of ether oxygens (including phenoxy) is 2. The van der Waals surface area contributed by atoms with Crippen molar-refractivity contribution in [3.8, 4) is 5.75 Å². The molecule has 0 fully saturated rings. The van der Waals surface area contributed by atoms with Crippen molar-refractivity contribution in [2.45, 2.75) is 31.9 Å².